The molecule has 0 bridgehead atoms. The van der Waals surface area contributed by atoms with E-state index in [2.05, 4.69) is 86.8 Å². The van der Waals surface area contributed by atoms with E-state index in [-0.39, 0.29) is 25.6 Å². The maximum absolute atomic E-state index is 12.9. The van der Waals surface area contributed by atoms with Gasteiger partial charge in [-0.05, 0) is 83.5 Å². The molecule has 0 aliphatic heterocycles. The van der Waals surface area contributed by atoms with E-state index in [4.69, 9.17) is 18.5 Å². The molecular formula is C84H157NO8P+. The Morgan fingerprint density at radius 1 is 0.340 bits per heavy atom. The Hall–Kier alpha value is -2.55. The highest BCUT2D eigenvalue weighted by molar-refractivity contribution is 7.47. The van der Waals surface area contributed by atoms with Crippen LogP contribution in [0.5, 0.6) is 0 Å². The van der Waals surface area contributed by atoms with Crippen LogP contribution in [-0.4, -0.2) is 74.9 Å². The number of phosphoric acid groups is 1. The highest BCUT2D eigenvalue weighted by atomic mass is 31.2. The number of phosphoric ester groups is 1. The fourth-order valence-corrected chi connectivity index (χ4v) is 12.8. The Morgan fingerprint density at radius 2 is 0.606 bits per heavy atom. The Labute approximate surface area is 584 Å². The first-order chi connectivity index (χ1) is 46.0. The number of allylic oxidation sites excluding steroid dienone is 12. The minimum atomic E-state index is -4.39. The normalized spacial score (nSPS) is 13.4. The number of hydrogen-bond acceptors (Lipinski definition) is 7. The Bertz CT molecular complexity index is 1820. The van der Waals surface area contributed by atoms with Crippen LogP contribution < -0.4 is 0 Å². The summed E-state index contributed by atoms with van der Waals surface area (Å²) in [6.07, 6.45) is 102. The van der Waals surface area contributed by atoms with E-state index in [0.29, 0.717) is 23.9 Å². The van der Waals surface area contributed by atoms with E-state index < -0.39 is 26.5 Å². The standard InChI is InChI=1S/C84H156NO8P/c1-6-8-10-12-14-16-18-20-22-24-26-28-30-32-34-36-37-38-39-40-41-42-43-44-45-46-47-49-51-53-55-57-59-61-63-65-67-69-71-73-75-77-84(87)93-82(81-92-94(88,89)91-79-78-85(3,4)5)80-90-83(86)76-74-72-70-68-66-64-62-60-58-56-54-52-50-48-35-33-31-29-27-25-23-21-19-17-15-13-11-9-7-2/h8,10,14,16,20,22,25-28,32,34,82H,6-7,9,11-13,15,17-19,21,23-24,29-31,33,35-81H2,1-5H3/p+1/b10-8-,16-14-,22-20-,27-25-,28-26-,34-32-. The summed E-state index contributed by atoms with van der Waals surface area (Å²) in [5.41, 5.74) is 0. The van der Waals surface area contributed by atoms with E-state index >= 15 is 0 Å². The van der Waals surface area contributed by atoms with Gasteiger partial charge in [0.2, 0.25) is 0 Å². The third-order valence-electron chi connectivity index (χ3n) is 18.2. The smallest absolute Gasteiger partial charge is 0.462 e. The van der Waals surface area contributed by atoms with E-state index in [1.165, 1.54) is 302 Å². The molecule has 94 heavy (non-hydrogen) atoms. The molecule has 0 saturated carbocycles. The number of ether oxygens (including phenoxy) is 2. The van der Waals surface area contributed by atoms with Gasteiger partial charge in [-0.15, -0.1) is 0 Å². The van der Waals surface area contributed by atoms with Crippen molar-refractivity contribution in [2.75, 3.05) is 47.5 Å². The summed E-state index contributed by atoms with van der Waals surface area (Å²) in [4.78, 5) is 36.0. The van der Waals surface area contributed by atoms with Crippen LogP contribution in [0.15, 0.2) is 72.9 Å². The van der Waals surface area contributed by atoms with Crippen molar-refractivity contribution < 1.29 is 42.1 Å². The maximum atomic E-state index is 12.9. The molecule has 0 aromatic carbocycles. The summed E-state index contributed by atoms with van der Waals surface area (Å²) in [5.74, 6) is -0.774. The van der Waals surface area contributed by atoms with Crippen molar-refractivity contribution in [3.63, 3.8) is 0 Å². The van der Waals surface area contributed by atoms with Gasteiger partial charge < -0.3 is 18.9 Å². The molecule has 550 valence electrons. The lowest BCUT2D eigenvalue weighted by molar-refractivity contribution is -0.870. The fourth-order valence-electron chi connectivity index (χ4n) is 12.0. The summed E-state index contributed by atoms with van der Waals surface area (Å²) in [5, 5.41) is 0. The first kappa shape index (κ1) is 91.4. The van der Waals surface area contributed by atoms with Crippen LogP contribution in [-0.2, 0) is 32.7 Å². The third kappa shape index (κ3) is 78.4. The second-order valence-corrected chi connectivity index (χ2v) is 30.2. The van der Waals surface area contributed by atoms with Gasteiger partial charge in [0.05, 0.1) is 27.7 Å². The van der Waals surface area contributed by atoms with Crippen LogP contribution in [0.2, 0.25) is 0 Å². The molecular weight excluding hydrogens is 1180 g/mol. The summed E-state index contributed by atoms with van der Waals surface area (Å²) in [6, 6.07) is 0. The van der Waals surface area contributed by atoms with Gasteiger partial charge in [-0.2, -0.15) is 0 Å². The zero-order valence-corrected chi connectivity index (χ0v) is 63.9. The molecule has 10 heteroatoms. The molecule has 0 rings (SSSR count). The summed E-state index contributed by atoms with van der Waals surface area (Å²) >= 11 is 0. The molecule has 0 aromatic heterocycles. The number of nitrogens with zero attached hydrogens (tertiary/aromatic N) is 1. The largest absolute Gasteiger partial charge is 0.472 e. The number of carbonyl (C=O) groups excluding carboxylic acids is 2. The maximum Gasteiger partial charge on any atom is 0.472 e. The Balaban J connectivity index is 3.89. The van der Waals surface area contributed by atoms with Crippen molar-refractivity contribution in [2.45, 2.75) is 405 Å². The predicted octanol–water partition coefficient (Wildman–Crippen LogP) is 27.1. The molecule has 0 amide bonds. The van der Waals surface area contributed by atoms with Crippen LogP contribution in [0.25, 0.3) is 0 Å². The van der Waals surface area contributed by atoms with Crippen molar-refractivity contribution >= 4 is 19.8 Å². The first-order valence-electron chi connectivity index (χ1n) is 40.7. The number of likely N-dealkylation sites (N-methyl/N-ethyl adjacent to an activating group) is 1. The van der Waals surface area contributed by atoms with Crippen molar-refractivity contribution in [1.82, 2.24) is 0 Å². The molecule has 0 heterocycles. The molecule has 1 N–H and O–H groups in total. The first-order valence-corrected chi connectivity index (χ1v) is 42.2. The third-order valence-corrected chi connectivity index (χ3v) is 19.2. The SMILES string of the molecule is CC/C=C\C/C=C\C/C=C\C/C=C\C/C=C\CCCCCCCCCCCCCCCCCCCCCCCCCCCC(=O)OC(COC(=O)CCCCCCCCCCCCCCCCCCC/C=C\CCCCCCCCCC)COP(=O)(O)OCC[N+](C)(C)C. The summed E-state index contributed by atoms with van der Waals surface area (Å²) in [6.45, 7) is 4.39. The van der Waals surface area contributed by atoms with Gasteiger partial charge in [-0.1, -0.05) is 376 Å². The van der Waals surface area contributed by atoms with Gasteiger partial charge in [0.1, 0.15) is 19.8 Å². The number of quaternary nitrogens is 1. The number of hydrogen-bond donors (Lipinski definition) is 1. The lowest BCUT2D eigenvalue weighted by Gasteiger charge is -2.24. The molecule has 2 atom stereocenters. The average Bonchev–Trinajstić information content (AvgIpc) is 1.57. The van der Waals surface area contributed by atoms with Gasteiger partial charge >= 0.3 is 19.8 Å². The minimum absolute atomic E-state index is 0.0339. The zero-order valence-electron chi connectivity index (χ0n) is 63.0. The zero-order chi connectivity index (χ0) is 68.3. The second-order valence-electron chi connectivity index (χ2n) is 28.8. The van der Waals surface area contributed by atoms with E-state index in [9.17, 15) is 19.0 Å². The molecule has 0 aliphatic rings. The molecule has 0 saturated heterocycles. The van der Waals surface area contributed by atoms with Crippen LogP contribution >= 0.6 is 7.82 Å². The molecule has 2 unspecified atom stereocenters. The monoisotopic (exact) mass is 1340 g/mol. The van der Waals surface area contributed by atoms with Crippen LogP contribution in [0.3, 0.4) is 0 Å². The lowest BCUT2D eigenvalue weighted by Crippen LogP contribution is -2.37. The van der Waals surface area contributed by atoms with Gasteiger partial charge in [0.25, 0.3) is 0 Å². The second kappa shape index (κ2) is 74.7. The van der Waals surface area contributed by atoms with Gasteiger partial charge in [0, 0.05) is 12.8 Å². The molecule has 0 radical (unpaired) electrons. The van der Waals surface area contributed by atoms with Crippen LogP contribution in [0.4, 0.5) is 0 Å². The Kier molecular flexibility index (Phi) is 72.6. The predicted molar refractivity (Wildman–Crippen MR) is 409 cm³/mol. The highest BCUT2D eigenvalue weighted by Gasteiger charge is 2.27. The van der Waals surface area contributed by atoms with Crippen molar-refractivity contribution in [1.29, 1.82) is 0 Å². The summed E-state index contributed by atoms with van der Waals surface area (Å²) in [7, 11) is 1.50. The molecule has 0 fully saturated rings. The number of esters is 2. The van der Waals surface area contributed by atoms with Gasteiger partial charge in [0.15, 0.2) is 6.10 Å². The molecule has 9 nitrogen and oxygen atoms in total. The van der Waals surface area contributed by atoms with Crippen molar-refractivity contribution in [3.8, 4) is 0 Å². The van der Waals surface area contributed by atoms with E-state index in [1.54, 1.807) is 0 Å². The number of unbranched alkanes of at least 4 members (excludes halogenated alkanes) is 50. The summed E-state index contributed by atoms with van der Waals surface area (Å²) < 4.78 is 34.8. The van der Waals surface area contributed by atoms with E-state index in [1.807, 2.05) is 21.1 Å². The minimum Gasteiger partial charge on any atom is -0.462 e. The Morgan fingerprint density at radius 3 is 0.915 bits per heavy atom. The van der Waals surface area contributed by atoms with Crippen molar-refractivity contribution in [2.24, 2.45) is 0 Å². The van der Waals surface area contributed by atoms with Gasteiger partial charge in [-0.25, -0.2) is 4.57 Å². The van der Waals surface area contributed by atoms with E-state index in [0.717, 1.165) is 64.2 Å². The number of carbonyl (C=O) groups is 2. The lowest BCUT2D eigenvalue weighted by atomic mass is 10.0. The molecule has 0 aliphatic carbocycles. The number of rotatable bonds is 76. The topological polar surface area (TPSA) is 108 Å². The quantitative estimate of drug-likeness (QED) is 0.0211. The van der Waals surface area contributed by atoms with Crippen LogP contribution in [0.1, 0.15) is 399 Å². The van der Waals surface area contributed by atoms with Crippen molar-refractivity contribution in [3.05, 3.63) is 72.9 Å². The molecule has 0 aromatic rings. The van der Waals surface area contributed by atoms with Gasteiger partial charge in [-0.3, -0.25) is 18.6 Å². The highest BCUT2D eigenvalue weighted by Crippen LogP contribution is 2.43. The average molecular weight is 1340 g/mol. The molecule has 0 spiro atoms. The van der Waals surface area contributed by atoms with Crippen LogP contribution in [0, 0.1) is 0 Å². The fraction of sp³-hybridized carbons (Fsp3) is 0.833.